The molecule has 2 aliphatic heterocycles. The summed E-state index contributed by atoms with van der Waals surface area (Å²) in [6.45, 7) is 10.2. The molecular weight excluding hydrogens is 420 g/mol. The fourth-order valence-corrected chi connectivity index (χ4v) is 3.98. The van der Waals surface area contributed by atoms with Gasteiger partial charge < -0.3 is 23.7 Å². The van der Waals surface area contributed by atoms with Crippen LogP contribution < -0.4 is 0 Å². The van der Waals surface area contributed by atoms with Gasteiger partial charge in [-0.15, -0.1) is 0 Å². The highest BCUT2D eigenvalue weighted by atomic mass is 16.7. The van der Waals surface area contributed by atoms with E-state index in [0.717, 1.165) is 5.57 Å². The Kier molecular flexibility index (Phi) is 6.59. The number of carbonyl (C=O) groups is 4. The van der Waals surface area contributed by atoms with E-state index in [-0.39, 0.29) is 17.3 Å². The molecule has 9 heteroatoms. The van der Waals surface area contributed by atoms with Crippen LogP contribution in [0.15, 0.2) is 35.5 Å². The zero-order valence-electron chi connectivity index (χ0n) is 18.8. The number of esters is 4. The van der Waals surface area contributed by atoms with E-state index in [1.165, 1.54) is 14.0 Å². The summed E-state index contributed by atoms with van der Waals surface area (Å²) in [6.07, 6.45) is 0.540. The molecule has 0 radical (unpaired) electrons. The molecule has 0 unspecified atom stereocenters. The van der Waals surface area contributed by atoms with Gasteiger partial charge in [-0.05, 0) is 39.7 Å². The van der Waals surface area contributed by atoms with Crippen molar-refractivity contribution < 1.29 is 42.9 Å². The lowest BCUT2D eigenvalue weighted by molar-refractivity contribution is -0.173. The van der Waals surface area contributed by atoms with Crippen LogP contribution in [-0.4, -0.2) is 61.0 Å². The maximum atomic E-state index is 13.0. The number of epoxide rings is 1. The number of allylic oxidation sites excluding steroid dienone is 2. The molecule has 2 heterocycles. The summed E-state index contributed by atoms with van der Waals surface area (Å²) in [4.78, 5) is 50.0. The number of rotatable bonds is 4. The van der Waals surface area contributed by atoms with Gasteiger partial charge in [-0.3, -0.25) is 4.79 Å². The fourth-order valence-electron chi connectivity index (χ4n) is 3.98. The second-order valence-corrected chi connectivity index (χ2v) is 8.39. The van der Waals surface area contributed by atoms with Crippen molar-refractivity contribution in [1.82, 2.24) is 0 Å². The molecule has 32 heavy (non-hydrogen) atoms. The molecule has 0 N–H and O–H groups in total. The Balaban J connectivity index is 2.14. The van der Waals surface area contributed by atoms with E-state index in [1.807, 2.05) is 6.92 Å². The SMILES string of the molecule is C=C1C(=O)O[C@@H]2/C=C(\C)CCC=C(C(=O)OC)[C@H](OC(C)=O)[C@@H](OC(=O)[C@@]3(C)O[C@H]3C)[C@@H]12. The molecule has 0 amide bonds. The first-order valence-corrected chi connectivity index (χ1v) is 10.4. The zero-order chi connectivity index (χ0) is 23.8. The van der Waals surface area contributed by atoms with E-state index in [2.05, 4.69) is 6.58 Å². The standard InChI is InChI=1S/C23H28O9/c1-11-8-7-9-15(21(26)28-6)18(29-14(4)24)19(31-22(27)23(5)13(3)32-23)17-12(2)20(25)30-16(17)10-11/h9-10,13,16-19H,2,7-8H2,1,3-6H3/b11-10+,15-9?/t13-,16+,17-,18-,19-,23-/m0/s1. The molecule has 0 spiro atoms. The highest BCUT2D eigenvalue weighted by molar-refractivity contribution is 5.93. The van der Waals surface area contributed by atoms with Crippen LogP contribution in [0.1, 0.15) is 40.5 Å². The minimum Gasteiger partial charge on any atom is -0.466 e. The highest BCUT2D eigenvalue weighted by Gasteiger charge is 2.59. The third-order valence-electron chi connectivity index (χ3n) is 6.07. The quantitative estimate of drug-likeness (QED) is 0.209. The van der Waals surface area contributed by atoms with Crippen LogP contribution in [0.3, 0.4) is 0 Å². The molecule has 0 aromatic carbocycles. The predicted octanol–water partition coefficient (Wildman–Crippen LogP) is 1.94. The molecule has 0 aromatic heterocycles. The predicted molar refractivity (Wildman–Crippen MR) is 110 cm³/mol. The first kappa shape index (κ1) is 23.7. The van der Waals surface area contributed by atoms with Crippen molar-refractivity contribution in [3.8, 4) is 0 Å². The molecule has 9 nitrogen and oxygen atoms in total. The number of fused-ring (bicyclic) bond motifs is 1. The second kappa shape index (κ2) is 8.90. The molecule has 6 atom stereocenters. The molecule has 0 bridgehead atoms. The second-order valence-electron chi connectivity index (χ2n) is 8.39. The summed E-state index contributed by atoms with van der Waals surface area (Å²) in [5.41, 5.74) is -0.216. The average Bonchev–Trinajstić information content (AvgIpc) is 3.25. The van der Waals surface area contributed by atoms with E-state index < -0.39 is 53.7 Å². The van der Waals surface area contributed by atoms with Gasteiger partial charge in [0.25, 0.3) is 0 Å². The Hall–Kier alpha value is -2.94. The fraction of sp³-hybridized carbons (Fsp3) is 0.565. The van der Waals surface area contributed by atoms with Crippen molar-refractivity contribution in [2.45, 2.75) is 70.6 Å². The number of hydrogen-bond acceptors (Lipinski definition) is 9. The van der Waals surface area contributed by atoms with E-state index in [1.54, 1.807) is 26.0 Å². The van der Waals surface area contributed by atoms with Gasteiger partial charge in [0.15, 0.2) is 17.8 Å². The summed E-state index contributed by atoms with van der Waals surface area (Å²) in [6, 6.07) is 0. The van der Waals surface area contributed by atoms with Crippen molar-refractivity contribution in [3.05, 3.63) is 35.5 Å². The number of carbonyl (C=O) groups excluding carboxylic acids is 4. The van der Waals surface area contributed by atoms with Crippen molar-refractivity contribution in [3.63, 3.8) is 0 Å². The number of ether oxygens (including phenoxy) is 5. The average molecular weight is 448 g/mol. The Morgan fingerprint density at radius 3 is 2.47 bits per heavy atom. The van der Waals surface area contributed by atoms with E-state index in [0.29, 0.717) is 12.8 Å². The number of methoxy groups -OCH3 is 1. The van der Waals surface area contributed by atoms with Crippen LogP contribution in [0.4, 0.5) is 0 Å². The molecule has 174 valence electrons. The lowest BCUT2D eigenvalue weighted by Gasteiger charge is -2.33. The van der Waals surface area contributed by atoms with Gasteiger partial charge in [0.1, 0.15) is 6.10 Å². The highest BCUT2D eigenvalue weighted by Crippen LogP contribution is 2.41. The van der Waals surface area contributed by atoms with Crippen molar-refractivity contribution in [2.24, 2.45) is 5.92 Å². The maximum Gasteiger partial charge on any atom is 0.341 e. The van der Waals surface area contributed by atoms with Crippen LogP contribution in [0.25, 0.3) is 0 Å². The Morgan fingerprint density at radius 2 is 1.91 bits per heavy atom. The topological polar surface area (TPSA) is 118 Å². The van der Waals surface area contributed by atoms with Gasteiger partial charge in [-0.1, -0.05) is 18.2 Å². The van der Waals surface area contributed by atoms with Crippen molar-refractivity contribution in [1.29, 1.82) is 0 Å². The van der Waals surface area contributed by atoms with Gasteiger partial charge in [0.05, 0.1) is 24.7 Å². The van der Waals surface area contributed by atoms with Crippen LogP contribution in [0.5, 0.6) is 0 Å². The van der Waals surface area contributed by atoms with Crippen LogP contribution in [0.2, 0.25) is 0 Å². The normalized spacial score (nSPS) is 36.0. The van der Waals surface area contributed by atoms with Crippen LogP contribution >= 0.6 is 0 Å². The van der Waals surface area contributed by atoms with Gasteiger partial charge >= 0.3 is 23.9 Å². The first-order chi connectivity index (χ1) is 15.0. The van der Waals surface area contributed by atoms with Crippen molar-refractivity contribution in [2.75, 3.05) is 7.11 Å². The molecule has 3 aliphatic rings. The van der Waals surface area contributed by atoms with E-state index >= 15 is 0 Å². The summed E-state index contributed by atoms with van der Waals surface area (Å²) >= 11 is 0. The van der Waals surface area contributed by atoms with Crippen molar-refractivity contribution >= 4 is 23.9 Å². The van der Waals surface area contributed by atoms with Gasteiger partial charge in [-0.2, -0.15) is 0 Å². The summed E-state index contributed by atoms with van der Waals surface area (Å²) in [5.74, 6) is -3.70. The Labute approximate surface area is 186 Å². The third kappa shape index (κ3) is 4.48. The van der Waals surface area contributed by atoms with Crippen LogP contribution in [-0.2, 0) is 42.9 Å². The molecule has 2 fully saturated rings. The largest absolute Gasteiger partial charge is 0.466 e. The molecule has 2 saturated heterocycles. The Morgan fingerprint density at radius 1 is 1.25 bits per heavy atom. The summed E-state index contributed by atoms with van der Waals surface area (Å²) in [5, 5.41) is 0. The monoisotopic (exact) mass is 448 g/mol. The zero-order valence-corrected chi connectivity index (χ0v) is 18.8. The first-order valence-electron chi connectivity index (χ1n) is 10.4. The minimum atomic E-state index is -1.34. The molecule has 0 aromatic rings. The summed E-state index contributed by atoms with van der Waals surface area (Å²) < 4.78 is 27.1. The lowest BCUT2D eigenvalue weighted by atomic mass is 9.83. The Bertz CT molecular complexity index is 914. The molecular formula is C23H28O9. The van der Waals surface area contributed by atoms with E-state index in [9.17, 15) is 19.2 Å². The number of hydrogen-bond donors (Lipinski definition) is 0. The third-order valence-corrected chi connectivity index (χ3v) is 6.07. The molecule has 1 aliphatic carbocycles. The summed E-state index contributed by atoms with van der Waals surface area (Å²) in [7, 11) is 1.20. The lowest BCUT2D eigenvalue weighted by Crippen LogP contribution is -2.47. The van der Waals surface area contributed by atoms with Gasteiger partial charge in [0.2, 0.25) is 0 Å². The smallest absolute Gasteiger partial charge is 0.341 e. The van der Waals surface area contributed by atoms with E-state index in [4.69, 9.17) is 23.7 Å². The van der Waals surface area contributed by atoms with Gasteiger partial charge in [-0.25, -0.2) is 14.4 Å². The maximum absolute atomic E-state index is 13.0. The van der Waals surface area contributed by atoms with Gasteiger partial charge in [0, 0.05) is 12.5 Å². The van der Waals surface area contributed by atoms with Crippen LogP contribution in [0, 0.1) is 5.92 Å². The minimum absolute atomic E-state index is 0.0102. The molecule has 3 rings (SSSR count). The molecule has 0 saturated carbocycles.